The van der Waals surface area contributed by atoms with Gasteiger partial charge in [0.25, 0.3) is 0 Å². The van der Waals surface area contributed by atoms with Gasteiger partial charge in [-0.05, 0) is 19.9 Å². The van der Waals surface area contributed by atoms with Crippen LogP contribution < -0.4 is 10.6 Å². The molecule has 0 saturated carbocycles. The van der Waals surface area contributed by atoms with Crippen molar-refractivity contribution in [1.29, 1.82) is 0 Å². The van der Waals surface area contributed by atoms with Gasteiger partial charge in [-0.3, -0.25) is 4.98 Å². The fraction of sp³-hybridized carbons (Fsp3) is 0.667. The Bertz CT molecular complexity index is 302. The molecule has 0 fully saturated rings. The zero-order valence-corrected chi connectivity index (χ0v) is 10.9. The van der Waals surface area contributed by atoms with Crippen LogP contribution >= 0.6 is 0 Å². The number of hydrogen-bond donors (Lipinski definition) is 2. The second kappa shape index (κ2) is 7.97. The maximum absolute atomic E-state index is 5.14. The molecule has 96 valence electrons. The van der Waals surface area contributed by atoms with E-state index in [4.69, 9.17) is 4.74 Å². The predicted molar refractivity (Wildman–Crippen MR) is 69.0 cm³/mol. The number of rotatable bonds is 8. The Kier molecular flexibility index (Phi) is 6.50. The van der Waals surface area contributed by atoms with Crippen LogP contribution in [0.2, 0.25) is 0 Å². The summed E-state index contributed by atoms with van der Waals surface area (Å²) in [4.78, 5) is 8.62. The van der Waals surface area contributed by atoms with Gasteiger partial charge in [-0.1, -0.05) is 6.92 Å². The Morgan fingerprint density at radius 2 is 2.18 bits per heavy atom. The fourth-order valence-corrected chi connectivity index (χ4v) is 1.26. The Morgan fingerprint density at radius 1 is 1.35 bits per heavy atom. The normalized spacial score (nSPS) is 12.4. The SMILES string of the molecule is CCCNCc1cnc(NCC(C)OC)cn1. The summed E-state index contributed by atoms with van der Waals surface area (Å²) in [5.41, 5.74) is 0.962. The molecule has 5 nitrogen and oxygen atoms in total. The molecule has 1 rings (SSSR count). The van der Waals surface area contributed by atoms with Gasteiger partial charge < -0.3 is 15.4 Å². The summed E-state index contributed by atoms with van der Waals surface area (Å²) in [6.07, 6.45) is 4.85. The van der Waals surface area contributed by atoms with Crippen molar-refractivity contribution in [3.63, 3.8) is 0 Å². The molecule has 5 heteroatoms. The average Bonchev–Trinajstić information content (AvgIpc) is 2.37. The third kappa shape index (κ3) is 5.60. The first-order chi connectivity index (χ1) is 8.26. The van der Waals surface area contributed by atoms with Crippen LogP contribution in [0, 0.1) is 0 Å². The van der Waals surface area contributed by atoms with Crippen molar-refractivity contribution >= 4 is 5.82 Å². The number of anilines is 1. The van der Waals surface area contributed by atoms with Gasteiger partial charge in [-0.2, -0.15) is 0 Å². The number of nitrogens with one attached hydrogen (secondary N) is 2. The van der Waals surface area contributed by atoms with Crippen LogP contribution in [-0.4, -0.2) is 36.3 Å². The molecule has 1 heterocycles. The lowest BCUT2D eigenvalue weighted by Crippen LogP contribution is -2.19. The quantitative estimate of drug-likeness (QED) is 0.671. The standard InChI is InChI=1S/C12H22N4O/c1-4-5-13-7-11-8-16-12(9-14-11)15-6-10(2)17-3/h8-10,13H,4-7H2,1-3H3,(H,15,16). The van der Waals surface area contributed by atoms with Crippen molar-refractivity contribution < 1.29 is 4.74 Å². The number of nitrogens with zero attached hydrogens (tertiary/aromatic N) is 2. The molecule has 0 aromatic carbocycles. The van der Waals surface area contributed by atoms with Crippen molar-refractivity contribution in [2.45, 2.75) is 32.9 Å². The van der Waals surface area contributed by atoms with Crippen LogP contribution in [0.4, 0.5) is 5.82 Å². The number of methoxy groups -OCH3 is 1. The van der Waals surface area contributed by atoms with E-state index in [0.29, 0.717) is 0 Å². The van der Waals surface area contributed by atoms with E-state index < -0.39 is 0 Å². The lowest BCUT2D eigenvalue weighted by Gasteiger charge is -2.11. The second-order valence-corrected chi connectivity index (χ2v) is 4.00. The molecule has 0 aliphatic rings. The maximum atomic E-state index is 5.14. The molecule has 1 atom stereocenters. The molecule has 0 bridgehead atoms. The minimum Gasteiger partial charge on any atom is -0.380 e. The Balaban J connectivity index is 2.34. The summed E-state index contributed by atoms with van der Waals surface area (Å²) < 4.78 is 5.14. The van der Waals surface area contributed by atoms with Crippen molar-refractivity contribution in [2.75, 3.05) is 25.5 Å². The summed E-state index contributed by atoms with van der Waals surface area (Å²) >= 11 is 0. The summed E-state index contributed by atoms with van der Waals surface area (Å²) in [6, 6.07) is 0. The largest absolute Gasteiger partial charge is 0.380 e. The Morgan fingerprint density at radius 3 is 2.76 bits per heavy atom. The van der Waals surface area contributed by atoms with Crippen molar-refractivity contribution in [3.8, 4) is 0 Å². The zero-order valence-electron chi connectivity index (χ0n) is 10.9. The number of hydrogen-bond acceptors (Lipinski definition) is 5. The lowest BCUT2D eigenvalue weighted by atomic mass is 10.4. The highest BCUT2D eigenvalue weighted by Gasteiger charge is 2.00. The minimum absolute atomic E-state index is 0.169. The van der Waals surface area contributed by atoms with E-state index in [-0.39, 0.29) is 6.10 Å². The average molecular weight is 238 g/mol. The van der Waals surface area contributed by atoms with Crippen LogP contribution in [0.1, 0.15) is 26.0 Å². The molecule has 0 radical (unpaired) electrons. The summed E-state index contributed by atoms with van der Waals surface area (Å²) in [5, 5.41) is 6.46. The van der Waals surface area contributed by atoms with E-state index in [1.165, 1.54) is 0 Å². The van der Waals surface area contributed by atoms with Gasteiger partial charge in [0.15, 0.2) is 0 Å². The molecule has 1 aromatic rings. The van der Waals surface area contributed by atoms with E-state index in [1.54, 1.807) is 19.5 Å². The molecule has 1 unspecified atom stereocenters. The summed E-state index contributed by atoms with van der Waals surface area (Å²) in [6.45, 7) is 6.66. The van der Waals surface area contributed by atoms with Gasteiger partial charge in [0.1, 0.15) is 5.82 Å². The molecule has 0 spiro atoms. The Labute approximate surface area is 103 Å². The third-order valence-corrected chi connectivity index (χ3v) is 2.41. The van der Waals surface area contributed by atoms with E-state index in [9.17, 15) is 0 Å². The first-order valence-corrected chi connectivity index (χ1v) is 6.04. The second-order valence-electron chi connectivity index (χ2n) is 4.00. The number of ether oxygens (including phenoxy) is 1. The molecule has 0 aliphatic carbocycles. The monoisotopic (exact) mass is 238 g/mol. The predicted octanol–water partition coefficient (Wildman–Crippen LogP) is 1.42. The summed E-state index contributed by atoms with van der Waals surface area (Å²) in [5.74, 6) is 0.785. The molecule has 1 aromatic heterocycles. The van der Waals surface area contributed by atoms with Crippen LogP contribution in [0.5, 0.6) is 0 Å². The zero-order chi connectivity index (χ0) is 12.5. The van der Waals surface area contributed by atoms with Crippen LogP contribution in [0.25, 0.3) is 0 Å². The van der Waals surface area contributed by atoms with Gasteiger partial charge in [0, 0.05) is 20.2 Å². The Hall–Kier alpha value is -1.20. The maximum Gasteiger partial charge on any atom is 0.144 e. The van der Waals surface area contributed by atoms with Crippen molar-refractivity contribution in [2.24, 2.45) is 0 Å². The van der Waals surface area contributed by atoms with Crippen LogP contribution in [0.3, 0.4) is 0 Å². The van der Waals surface area contributed by atoms with Crippen molar-refractivity contribution in [3.05, 3.63) is 18.1 Å². The molecule has 0 saturated heterocycles. The molecule has 17 heavy (non-hydrogen) atoms. The van der Waals surface area contributed by atoms with Gasteiger partial charge in [-0.15, -0.1) is 0 Å². The van der Waals surface area contributed by atoms with Gasteiger partial charge in [-0.25, -0.2) is 4.98 Å². The lowest BCUT2D eigenvalue weighted by molar-refractivity contribution is 0.128. The van der Waals surface area contributed by atoms with Gasteiger partial charge >= 0.3 is 0 Å². The van der Waals surface area contributed by atoms with E-state index in [1.807, 2.05) is 6.92 Å². The van der Waals surface area contributed by atoms with Crippen molar-refractivity contribution in [1.82, 2.24) is 15.3 Å². The fourth-order valence-electron chi connectivity index (χ4n) is 1.26. The molecule has 2 N–H and O–H groups in total. The molecular weight excluding hydrogens is 216 g/mol. The van der Waals surface area contributed by atoms with Gasteiger partial charge in [0.05, 0.1) is 24.2 Å². The van der Waals surface area contributed by atoms with E-state index in [0.717, 1.165) is 37.6 Å². The first kappa shape index (κ1) is 13.9. The third-order valence-electron chi connectivity index (χ3n) is 2.41. The summed E-state index contributed by atoms with van der Waals surface area (Å²) in [7, 11) is 1.69. The highest BCUT2D eigenvalue weighted by atomic mass is 16.5. The highest BCUT2D eigenvalue weighted by Crippen LogP contribution is 2.01. The van der Waals surface area contributed by atoms with E-state index >= 15 is 0 Å². The number of aromatic nitrogens is 2. The first-order valence-electron chi connectivity index (χ1n) is 6.04. The minimum atomic E-state index is 0.169. The van der Waals surface area contributed by atoms with Crippen LogP contribution in [-0.2, 0) is 11.3 Å². The van der Waals surface area contributed by atoms with E-state index in [2.05, 4.69) is 27.5 Å². The van der Waals surface area contributed by atoms with Gasteiger partial charge in [0.2, 0.25) is 0 Å². The molecular formula is C12H22N4O. The highest BCUT2D eigenvalue weighted by molar-refractivity contribution is 5.30. The molecule has 0 aliphatic heterocycles. The topological polar surface area (TPSA) is 59.1 Å². The molecule has 0 amide bonds. The van der Waals surface area contributed by atoms with Crippen LogP contribution in [0.15, 0.2) is 12.4 Å². The smallest absolute Gasteiger partial charge is 0.144 e.